The quantitative estimate of drug-likeness (QED) is 0.372. The fourth-order valence-electron chi connectivity index (χ4n) is 0.325. The minimum Gasteiger partial charge on any atom is -0.417 e. The number of carbonyl (C=O) groups is 2. The van der Waals surface area contributed by atoms with Crippen molar-refractivity contribution in [3.63, 3.8) is 0 Å². The van der Waals surface area contributed by atoms with Crippen LogP contribution in [0.25, 0.3) is 0 Å². The van der Waals surface area contributed by atoms with Crippen molar-refractivity contribution in [3.05, 3.63) is 25.5 Å². The van der Waals surface area contributed by atoms with E-state index >= 15 is 0 Å². The van der Waals surface area contributed by atoms with E-state index < -0.39 is 6.09 Å². The van der Waals surface area contributed by atoms with E-state index in [-0.39, 0.29) is 12.4 Å². The highest BCUT2D eigenvalue weighted by Gasteiger charge is 2.00. The Balaban J connectivity index is 3.42. The molecule has 12 heavy (non-hydrogen) atoms. The average Bonchev–Trinajstić information content (AvgIpc) is 2.04. The van der Waals surface area contributed by atoms with E-state index in [0.717, 1.165) is 12.3 Å². The van der Waals surface area contributed by atoms with E-state index in [1.807, 2.05) is 5.48 Å². The van der Waals surface area contributed by atoms with Crippen LogP contribution in [0.5, 0.6) is 0 Å². The molecule has 5 heteroatoms. The van der Waals surface area contributed by atoms with Gasteiger partial charge in [0.2, 0.25) is 0 Å². The Kier molecular flexibility index (Phi) is 5.29. The van der Waals surface area contributed by atoms with Crippen LogP contribution >= 0.6 is 0 Å². The lowest BCUT2D eigenvalue weighted by Crippen LogP contribution is -2.25. The summed E-state index contributed by atoms with van der Waals surface area (Å²) >= 11 is 0. The van der Waals surface area contributed by atoms with Crippen molar-refractivity contribution in [2.75, 3.05) is 6.61 Å². The van der Waals surface area contributed by atoms with Gasteiger partial charge in [-0.25, -0.2) is 4.79 Å². The predicted octanol–water partition coefficient (Wildman–Crippen LogP) is 0.543. The molecule has 0 aliphatic rings. The van der Waals surface area contributed by atoms with Gasteiger partial charge in [-0.15, -0.1) is 0 Å². The SMILES string of the molecule is C=COC(=O)NOCC(=O)C=C. The number of rotatable bonds is 5. The summed E-state index contributed by atoms with van der Waals surface area (Å²) in [6.07, 6.45) is 1.19. The number of hydrogen-bond acceptors (Lipinski definition) is 4. The van der Waals surface area contributed by atoms with Gasteiger partial charge in [-0.05, 0) is 6.08 Å². The standard InChI is InChI=1S/C7H9NO4/c1-3-6(9)5-12-8-7(10)11-4-2/h3-4H,1-2,5H2,(H,8,10). The third-order valence-corrected chi connectivity index (χ3v) is 0.788. The van der Waals surface area contributed by atoms with Crippen LogP contribution in [0.2, 0.25) is 0 Å². The summed E-state index contributed by atoms with van der Waals surface area (Å²) in [5, 5.41) is 0. The fourth-order valence-corrected chi connectivity index (χ4v) is 0.325. The van der Waals surface area contributed by atoms with Gasteiger partial charge in [-0.2, -0.15) is 5.48 Å². The van der Waals surface area contributed by atoms with E-state index in [1.165, 1.54) is 0 Å². The second-order valence-corrected chi connectivity index (χ2v) is 1.63. The molecular weight excluding hydrogens is 162 g/mol. The summed E-state index contributed by atoms with van der Waals surface area (Å²) in [5.74, 6) is -0.339. The largest absolute Gasteiger partial charge is 0.436 e. The van der Waals surface area contributed by atoms with Crippen LogP contribution in [0, 0.1) is 0 Å². The van der Waals surface area contributed by atoms with Crippen molar-refractivity contribution >= 4 is 11.9 Å². The minimum absolute atomic E-state index is 0.268. The van der Waals surface area contributed by atoms with Crippen LogP contribution in [-0.4, -0.2) is 18.5 Å². The molecule has 0 aliphatic carbocycles. The molecule has 0 saturated carbocycles. The number of hydroxylamine groups is 1. The summed E-state index contributed by atoms with van der Waals surface area (Å²) in [6.45, 7) is 6.08. The Bertz CT molecular complexity index is 200. The number of ketones is 1. The van der Waals surface area contributed by atoms with Gasteiger partial charge in [-0.1, -0.05) is 13.2 Å². The Labute approximate surface area is 69.6 Å². The molecule has 66 valence electrons. The van der Waals surface area contributed by atoms with Crippen molar-refractivity contribution in [3.8, 4) is 0 Å². The summed E-state index contributed by atoms with van der Waals surface area (Å²) in [4.78, 5) is 25.3. The van der Waals surface area contributed by atoms with Crippen LogP contribution in [-0.2, 0) is 14.4 Å². The van der Waals surface area contributed by atoms with Crippen LogP contribution in [0.4, 0.5) is 4.79 Å². The van der Waals surface area contributed by atoms with Crippen molar-refractivity contribution in [1.29, 1.82) is 0 Å². The van der Waals surface area contributed by atoms with E-state index in [2.05, 4.69) is 22.7 Å². The molecule has 5 nitrogen and oxygen atoms in total. The molecule has 0 aliphatic heterocycles. The molecule has 0 heterocycles. The van der Waals surface area contributed by atoms with E-state index in [0.29, 0.717) is 0 Å². The highest BCUT2D eigenvalue weighted by Crippen LogP contribution is 1.79. The highest BCUT2D eigenvalue weighted by atomic mass is 16.7. The zero-order valence-corrected chi connectivity index (χ0v) is 6.41. The van der Waals surface area contributed by atoms with Crippen molar-refractivity contribution in [2.45, 2.75) is 0 Å². The maximum Gasteiger partial charge on any atom is 0.436 e. The van der Waals surface area contributed by atoms with Gasteiger partial charge in [0.05, 0.1) is 6.26 Å². The van der Waals surface area contributed by atoms with Gasteiger partial charge in [0.15, 0.2) is 5.78 Å². The smallest absolute Gasteiger partial charge is 0.417 e. The van der Waals surface area contributed by atoms with Gasteiger partial charge >= 0.3 is 6.09 Å². The first-order valence-corrected chi connectivity index (χ1v) is 3.05. The molecule has 1 N–H and O–H groups in total. The number of ether oxygens (including phenoxy) is 1. The fraction of sp³-hybridized carbons (Fsp3) is 0.143. The Morgan fingerprint density at radius 1 is 1.42 bits per heavy atom. The molecule has 0 atom stereocenters. The van der Waals surface area contributed by atoms with E-state index in [4.69, 9.17) is 0 Å². The van der Waals surface area contributed by atoms with Crippen molar-refractivity contribution in [1.82, 2.24) is 5.48 Å². The summed E-state index contributed by atoms with van der Waals surface area (Å²) in [6, 6.07) is 0. The monoisotopic (exact) mass is 171 g/mol. The molecule has 0 spiro atoms. The van der Waals surface area contributed by atoms with Gasteiger partial charge in [0, 0.05) is 0 Å². The zero-order valence-electron chi connectivity index (χ0n) is 6.41. The maximum absolute atomic E-state index is 10.5. The minimum atomic E-state index is -0.832. The Hall–Kier alpha value is -1.62. The Morgan fingerprint density at radius 2 is 2.08 bits per heavy atom. The average molecular weight is 171 g/mol. The number of carbonyl (C=O) groups excluding carboxylic acids is 2. The number of hydrogen-bond donors (Lipinski definition) is 1. The molecule has 0 saturated heterocycles. The molecular formula is C7H9NO4. The van der Waals surface area contributed by atoms with Gasteiger partial charge in [-0.3, -0.25) is 9.63 Å². The summed E-state index contributed by atoms with van der Waals surface area (Å²) < 4.78 is 4.21. The maximum atomic E-state index is 10.5. The van der Waals surface area contributed by atoms with Crippen LogP contribution < -0.4 is 5.48 Å². The molecule has 0 bridgehead atoms. The molecule has 0 unspecified atom stereocenters. The highest BCUT2D eigenvalue weighted by molar-refractivity contribution is 5.90. The van der Waals surface area contributed by atoms with Crippen LogP contribution in [0.3, 0.4) is 0 Å². The molecule has 1 amide bonds. The lowest BCUT2D eigenvalue weighted by atomic mass is 10.4. The number of nitrogens with one attached hydrogen (secondary N) is 1. The normalized spacial score (nSPS) is 8.33. The molecule has 0 aromatic carbocycles. The van der Waals surface area contributed by atoms with E-state index in [1.54, 1.807) is 0 Å². The second-order valence-electron chi connectivity index (χ2n) is 1.63. The van der Waals surface area contributed by atoms with Gasteiger partial charge in [0.1, 0.15) is 6.61 Å². The zero-order chi connectivity index (χ0) is 9.40. The topological polar surface area (TPSA) is 64.6 Å². The third-order valence-electron chi connectivity index (χ3n) is 0.788. The summed E-state index contributed by atoms with van der Waals surface area (Å²) in [5.41, 5.74) is 1.85. The lowest BCUT2D eigenvalue weighted by molar-refractivity contribution is -0.120. The lowest BCUT2D eigenvalue weighted by Gasteiger charge is -2.01. The van der Waals surface area contributed by atoms with Crippen molar-refractivity contribution in [2.24, 2.45) is 0 Å². The van der Waals surface area contributed by atoms with E-state index in [9.17, 15) is 9.59 Å². The first-order valence-electron chi connectivity index (χ1n) is 3.05. The number of amides is 1. The molecule has 0 radical (unpaired) electrons. The summed E-state index contributed by atoms with van der Waals surface area (Å²) in [7, 11) is 0. The van der Waals surface area contributed by atoms with Crippen LogP contribution in [0.15, 0.2) is 25.5 Å². The molecule has 0 fully saturated rings. The molecule has 0 rings (SSSR count). The first-order chi connectivity index (χ1) is 5.70. The van der Waals surface area contributed by atoms with Crippen LogP contribution in [0.1, 0.15) is 0 Å². The Morgan fingerprint density at radius 3 is 2.58 bits per heavy atom. The third kappa shape index (κ3) is 5.19. The first kappa shape index (κ1) is 10.4. The second kappa shape index (κ2) is 6.11. The van der Waals surface area contributed by atoms with Gasteiger partial charge in [0.25, 0.3) is 0 Å². The molecule has 0 aromatic heterocycles. The van der Waals surface area contributed by atoms with Crippen molar-refractivity contribution < 1.29 is 19.2 Å². The predicted molar refractivity (Wildman–Crippen MR) is 41.0 cm³/mol. The molecule has 0 aromatic rings. The van der Waals surface area contributed by atoms with Gasteiger partial charge < -0.3 is 4.74 Å².